The zero-order chi connectivity index (χ0) is 17.9. The molecule has 0 aromatic heterocycles. The van der Waals surface area contributed by atoms with Crippen LogP contribution in [0.1, 0.15) is 6.92 Å². The van der Waals surface area contributed by atoms with E-state index in [1.165, 1.54) is 26.2 Å². The summed E-state index contributed by atoms with van der Waals surface area (Å²) in [5.41, 5.74) is 0.410. The SMILES string of the molecule is C[C@H]1CNCCN1CC(=O)Nc1ccc(Cl)c(S(=O)(=O)N(C)C)c1.Cl. The molecule has 1 saturated heterocycles. The standard InChI is InChI=1S/C15H23ClN4O3S.ClH/c1-11-9-17-6-7-20(11)10-15(21)18-12-4-5-13(16)14(8-12)24(22,23)19(2)3;/h4-5,8,11,17H,6-7,9-10H2,1-3H3,(H,18,21);1H/t11-;/m0./s1. The van der Waals surface area contributed by atoms with Crippen molar-refractivity contribution in [2.45, 2.75) is 17.9 Å². The highest BCUT2D eigenvalue weighted by Gasteiger charge is 2.23. The summed E-state index contributed by atoms with van der Waals surface area (Å²) < 4.78 is 25.6. The monoisotopic (exact) mass is 410 g/mol. The zero-order valence-corrected chi connectivity index (χ0v) is 16.8. The summed E-state index contributed by atoms with van der Waals surface area (Å²) in [6.45, 7) is 4.82. The minimum absolute atomic E-state index is 0. The summed E-state index contributed by atoms with van der Waals surface area (Å²) in [4.78, 5) is 14.3. The molecule has 1 aromatic rings. The van der Waals surface area contributed by atoms with Gasteiger partial charge in [-0.3, -0.25) is 9.69 Å². The number of piperazine rings is 1. The third-order valence-corrected chi connectivity index (χ3v) is 6.26. The fourth-order valence-electron chi connectivity index (χ4n) is 2.48. The molecule has 0 bridgehead atoms. The Morgan fingerprint density at radius 3 is 2.72 bits per heavy atom. The van der Waals surface area contributed by atoms with Gasteiger partial charge in [0.05, 0.1) is 11.6 Å². The van der Waals surface area contributed by atoms with Gasteiger partial charge in [0, 0.05) is 45.5 Å². The van der Waals surface area contributed by atoms with E-state index >= 15 is 0 Å². The minimum Gasteiger partial charge on any atom is -0.325 e. The lowest BCUT2D eigenvalue weighted by Gasteiger charge is -2.33. The maximum absolute atomic E-state index is 12.3. The summed E-state index contributed by atoms with van der Waals surface area (Å²) in [6.07, 6.45) is 0. The molecule has 0 spiro atoms. The normalized spacial score (nSPS) is 18.7. The fourth-order valence-corrected chi connectivity index (χ4v) is 3.87. The van der Waals surface area contributed by atoms with Crippen molar-refractivity contribution in [1.29, 1.82) is 0 Å². The molecule has 1 atom stereocenters. The van der Waals surface area contributed by atoms with Gasteiger partial charge in [-0.15, -0.1) is 12.4 Å². The highest BCUT2D eigenvalue weighted by atomic mass is 35.5. The predicted octanol–water partition coefficient (Wildman–Crippen LogP) is 1.24. The minimum atomic E-state index is -3.67. The van der Waals surface area contributed by atoms with Crippen LogP contribution in [0.3, 0.4) is 0 Å². The Kier molecular flexibility index (Phi) is 8.11. The Balaban J connectivity index is 0.00000312. The van der Waals surface area contributed by atoms with Gasteiger partial charge >= 0.3 is 0 Å². The molecule has 1 aliphatic rings. The van der Waals surface area contributed by atoms with Crippen LogP contribution in [0.15, 0.2) is 23.1 Å². The molecular weight excluding hydrogens is 387 g/mol. The topological polar surface area (TPSA) is 81.8 Å². The number of carbonyl (C=O) groups is 1. The Hall–Kier alpha value is -0.900. The molecule has 25 heavy (non-hydrogen) atoms. The van der Waals surface area contributed by atoms with E-state index in [1.807, 2.05) is 0 Å². The fraction of sp³-hybridized carbons (Fsp3) is 0.533. The molecule has 2 N–H and O–H groups in total. The zero-order valence-electron chi connectivity index (χ0n) is 14.5. The molecule has 0 unspecified atom stereocenters. The average Bonchev–Trinajstić information content (AvgIpc) is 2.51. The number of halogens is 2. The van der Waals surface area contributed by atoms with Crippen LogP contribution in [-0.2, 0) is 14.8 Å². The first-order valence-electron chi connectivity index (χ1n) is 7.68. The third-order valence-electron chi connectivity index (χ3n) is 3.96. The quantitative estimate of drug-likeness (QED) is 0.762. The van der Waals surface area contributed by atoms with Crippen LogP contribution in [0.2, 0.25) is 5.02 Å². The van der Waals surface area contributed by atoms with Gasteiger partial charge in [0.15, 0.2) is 0 Å². The lowest BCUT2D eigenvalue weighted by atomic mass is 10.2. The van der Waals surface area contributed by atoms with E-state index in [4.69, 9.17) is 11.6 Å². The van der Waals surface area contributed by atoms with E-state index in [1.54, 1.807) is 6.07 Å². The Bertz CT molecular complexity index is 713. The summed E-state index contributed by atoms with van der Waals surface area (Å²) in [5.74, 6) is -0.181. The molecule has 1 aliphatic heterocycles. The van der Waals surface area contributed by atoms with Crippen LogP contribution >= 0.6 is 24.0 Å². The maximum atomic E-state index is 12.3. The molecule has 1 amide bonds. The van der Waals surface area contributed by atoms with Crippen molar-refractivity contribution in [3.05, 3.63) is 23.2 Å². The number of carbonyl (C=O) groups excluding carboxylic acids is 1. The number of nitrogens with zero attached hydrogens (tertiary/aromatic N) is 2. The first-order valence-corrected chi connectivity index (χ1v) is 9.50. The first-order chi connectivity index (χ1) is 11.2. The molecule has 2 rings (SSSR count). The molecule has 0 saturated carbocycles. The highest BCUT2D eigenvalue weighted by molar-refractivity contribution is 7.89. The van der Waals surface area contributed by atoms with E-state index in [0.717, 1.165) is 23.9 Å². The Morgan fingerprint density at radius 2 is 2.12 bits per heavy atom. The molecule has 1 heterocycles. The Labute approximate surface area is 160 Å². The van der Waals surface area contributed by atoms with Crippen molar-refractivity contribution < 1.29 is 13.2 Å². The van der Waals surface area contributed by atoms with Crippen LogP contribution in [-0.4, -0.2) is 69.8 Å². The molecular formula is C15H24Cl2N4O3S. The second kappa shape index (κ2) is 9.16. The van der Waals surface area contributed by atoms with Crippen LogP contribution in [0, 0.1) is 0 Å². The number of benzene rings is 1. The second-order valence-corrected chi connectivity index (χ2v) is 8.53. The van der Waals surface area contributed by atoms with Crippen LogP contribution in [0.4, 0.5) is 5.69 Å². The predicted molar refractivity (Wildman–Crippen MR) is 102 cm³/mol. The summed E-state index contributed by atoms with van der Waals surface area (Å²) in [5, 5.41) is 6.14. The van der Waals surface area contributed by atoms with E-state index in [0.29, 0.717) is 5.69 Å². The molecule has 0 aliphatic carbocycles. The molecule has 0 radical (unpaired) electrons. The molecule has 142 valence electrons. The van der Waals surface area contributed by atoms with Gasteiger partial charge in [-0.05, 0) is 25.1 Å². The van der Waals surface area contributed by atoms with Crippen molar-refractivity contribution in [2.75, 3.05) is 45.6 Å². The molecule has 1 fully saturated rings. The number of hydrogen-bond acceptors (Lipinski definition) is 5. The van der Waals surface area contributed by atoms with Crippen molar-refractivity contribution in [1.82, 2.24) is 14.5 Å². The van der Waals surface area contributed by atoms with Gasteiger partial charge in [0.25, 0.3) is 0 Å². The van der Waals surface area contributed by atoms with Crippen LogP contribution in [0.25, 0.3) is 0 Å². The summed E-state index contributed by atoms with van der Waals surface area (Å²) >= 11 is 6.00. The first kappa shape index (κ1) is 22.1. The van der Waals surface area contributed by atoms with Gasteiger partial charge in [-0.25, -0.2) is 12.7 Å². The van der Waals surface area contributed by atoms with Gasteiger partial charge < -0.3 is 10.6 Å². The van der Waals surface area contributed by atoms with Crippen molar-refractivity contribution in [3.8, 4) is 0 Å². The number of nitrogens with one attached hydrogen (secondary N) is 2. The lowest BCUT2D eigenvalue weighted by molar-refractivity contribution is -0.118. The Morgan fingerprint density at radius 1 is 1.44 bits per heavy atom. The second-order valence-electron chi connectivity index (χ2n) is 6.00. The summed E-state index contributed by atoms with van der Waals surface area (Å²) in [6, 6.07) is 4.73. The van der Waals surface area contributed by atoms with E-state index in [9.17, 15) is 13.2 Å². The van der Waals surface area contributed by atoms with Gasteiger partial charge in [-0.2, -0.15) is 0 Å². The molecule has 1 aromatic carbocycles. The van der Waals surface area contributed by atoms with E-state index in [2.05, 4.69) is 22.5 Å². The van der Waals surface area contributed by atoms with Crippen LogP contribution < -0.4 is 10.6 Å². The average molecular weight is 411 g/mol. The van der Waals surface area contributed by atoms with Gasteiger partial charge in [0.2, 0.25) is 15.9 Å². The lowest BCUT2D eigenvalue weighted by Crippen LogP contribution is -2.51. The number of sulfonamides is 1. The van der Waals surface area contributed by atoms with Crippen molar-refractivity contribution in [2.24, 2.45) is 0 Å². The maximum Gasteiger partial charge on any atom is 0.244 e. The van der Waals surface area contributed by atoms with Crippen molar-refractivity contribution in [3.63, 3.8) is 0 Å². The highest BCUT2D eigenvalue weighted by Crippen LogP contribution is 2.26. The number of rotatable bonds is 5. The largest absolute Gasteiger partial charge is 0.325 e. The molecule has 7 nitrogen and oxygen atoms in total. The smallest absolute Gasteiger partial charge is 0.244 e. The number of anilines is 1. The number of hydrogen-bond donors (Lipinski definition) is 2. The summed E-state index contributed by atoms with van der Waals surface area (Å²) in [7, 11) is -0.804. The van der Waals surface area contributed by atoms with E-state index < -0.39 is 10.0 Å². The van der Waals surface area contributed by atoms with Gasteiger partial charge in [-0.1, -0.05) is 11.6 Å². The third kappa shape index (κ3) is 5.54. The van der Waals surface area contributed by atoms with E-state index in [-0.39, 0.29) is 40.8 Å². The number of amides is 1. The molecule has 10 heteroatoms. The van der Waals surface area contributed by atoms with Crippen molar-refractivity contribution >= 4 is 45.6 Å². The van der Waals surface area contributed by atoms with Gasteiger partial charge in [0.1, 0.15) is 4.90 Å². The van der Waals surface area contributed by atoms with Crippen LogP contribution in [0.5, 0.6) is 0 Å².